The van der Waals surface area contributed by atoms with Crippen molar-refractivity contribution in [3.05, 3.63) is 52.0 Å². The Morgan fingerprint density at radius 2 is 1.90 bits per heavy atom. The minimum Gasteiger partial charge on any atom is -0.497 e. The molecule has 0 spiro atoms. The van der Waals surface area contributed by atoms with Gasteiger partial charge < -0.3 is 14.2 Å². The molecule has 0 aliphatic carbocycles. The zero-order chi connectivity index (χ0) is 22.5. The van der Waals surface area contributed by atoms with Gasteiger partial charge >= 0.3 is 0 Å². The fourth-order valence-corrected chi connectivity index (χ4v) is 3.63. The minimum absolute atomic E-state index is 0.0175. The quantitative estimate of drug-likeness (QED) is 0.283. The van der Waals surface area contributed by atoms with Crippen molar-refractivity contribution >= 4 is 56.8 Å². The molecule has 0 saturated carbocycles. The van der Waals surface area contributed by atoms with Gasteiger partial charge in [-0.15, -0.1) is 6.42 Å². The molecule has 1 fully saturated rings. The van der Waals surface area contributed by atoms with Crippen molar-refractivity contribution in [1.82, 2.24) is 5.32 Å². The van der Waals surface area contributed by atoms with E-state index in [2.05, 4.69) is 27.2 Å². The van der Waals surface area contributed by atoms with Crippen LogP contribution in [-0.4, -0.2) is 37.8 Å². The van der Waals surface area contributed by atoms with Crippen LogP contribution in [0.2, 0.25) is 0 Å². The summed E-state index contributed by atoms with van der Waals surface area (Å²) in [5.41, 5.74) is 0.787. The van der Waals surface area contributed by atoms with Gasteiger partial charge in [-0.05, 0) is 54.7 Å². The first-order chi connectivity index (χ1) is 14.9. The third kappa shape index (κ3) is 4.71. The largest absolute Gasteiger partial charge is 0.497 e. The van der Waals surface area contributed by atoms with Crippen molar-refractivity contribution in [2.45, 2.75) is 0 Å². The fourth-order valence-electron chi connectivity index (χ4n) is 2.89. The Bertz CT molecular complexity index is 1120. The molecular weight excluding hydrogens is 484 g/mol. The maximum absolute atomic E-state index is 13.2. The third-order valence-electron chi connectivity index (χ3n) is 4.30. The van der Waals surface area contributed by atoms with Crippen LogP contribution in [0.15, 0.2) is 46.4 Å². The molecule has 31 heavy (non-hydrogen) atoms. The molecule has 2 aromatic carbocycles. The number of benzene rings is 2. The van der Waals surface area contributed by atoms with Gasteiger partial charge in [-0.2, -0.15) is 0 Å². The van der Waals surface area contributed by atoms with Gasteiger partial charge in [-0.1, -0.05) is 21.9 Å². The molecular formula is C22H17BrN2O5S. The maximum atomic E-state index is 13.2. The Morgan fingerprint density at radius 3 is 2.52 bits per heavy atom. The van der Waals surface area contributed by atoms with Crippen LogP contribution in [-0.2, 0) is 9.59 Å². The van der Waals surface area contributed by atoms with Crippen LogP contribution in [0.1, 0.15) is 5.56 Å². The normalized spacial score (nSPS) is 14.8. The Hall–Kier alpha value is -3.35. The maximum Gasteiger partial charge on any atom is 0.270 e. The van der Waals surface area contributed by atoms with Crippen LogP contribution in [0.25, 0.3) is 6.08 Å². The average Bonchev–Trinajstić information content (AvgIpc) is 2.75. The highest BCUT2D eigenvalue weighted by atomic mass is 79.9. The monoisotopic (exact) mass is 500 g/mol. The van der Waals surface area contributed by atoms with Crippen molar-refractivity contribution < 1.29 is 23.8 Å². The van der Waals surface area contributed by atoms with Gasteiger partial charge in [-0.3, -0.25) is 19.8 Å². The van der Waals surface area contributed by atoms with Gasteiger partial charge in [0, 0.05) is 10.0 Å². The van der Waals surface area contributed by atoms with E-state index in [9.17, 15) is 9.59 Å². The Labute approximate surface area is 193 Å². The van der Waals surface area contributed by atoms with Crippen LogP contribution in [0.3, 0.4) is 0 Å². The lowest BCUT2D eigenvalue weighted by Gasteiger charge is -2.29. The second-order valence-corrected chi connectivity index (χ2v) is 7.48. The predicted octanol–water partition coefficient (Wildman–Crippen LogP) is 3.31. The zero-order valence-corrected chi connectivity index (χ0v) is 19.0. The standard InChI is InChI=1S/C22H17BrN2O5S/c1-4-9-30-19-13(10-14(23)12-18(19)29-3)11-17-20(26)24-22(31)25(21(17)27)15-5-7-16(28-2)8-6-15/h1,5-8,10-12H,9H2,2-3H3,(H,24,26,31)/b17-11+. The minimum atomic E-state index is -0.624. The van der Waals surface area contributed by atoms with Crippen LogP contribution >= 0.6 is 28.1 Å². The number of rotatable bonds is 6. The number of nitrogens with one attached hydrogen (secondary N) is 1. The Kier molecular flexibility index (Phi) is 6.95. The van der Waals surface area contributed by atoms with E-state index in [4.69, 9.17) is 32.9 Å². The highest BCUT2D eigenvalue weighted by molar-refractivity contribution is 9.10. The van der Waals surface area contributed by atoms with E-state index in [0.717, 1.165) is 0 Å². The number of amides is 2. The number of ether oxygens (including phenoxy) is 3. The molecule has 1 saturated heterocycles. The van der Waals surface area contributed by atoms with Crippen molar-refractivity contribution in [2.75, 3.05) is 25.7 Å². The molecule has 158 valence electrons. The third-order valence-corrected chi connectivity index (χ3v) is 5.04. The van der Waals surface area contributed by atoms with Crippen molar-refractivity contribution in [3.8, 4) is 29.6 Å². The summed E-state index contributed by atoms with van der Waals surface area (Å²) in [6.45, 7) is -0.0175. The number of hydrogen-bond acceptors (Lipinski definition) is 6. The summed E-state index contributed by atoms with van der Waals surface area (Å²) < 4.78 is 16.8. The summed E-state index contributed by atoms with van der Waals surface area (Å²) in [6, 6.07) is 10.1. The van der Waals surface area contributed by atoms with Crippen LogP contribution in [0.5, 0.6) is 17.2 Å². The molecule has 7 nitrogen and oxygen atoms in total. The first kappa shape index (κ1) is 22.3. The van der Waals surface area contributed by atoms with E-state index in [1.807, 2.05) is 0 Å². The molecule has 3 rings (SSSR count). The predicted molar refractivity (Wildman–Crippen MR) is 124 cm³/mol. The molecule has 0 bridgehead atoms. The average molecular weight is 501 g/mol. The number of hydrogen-bond donors (Lipinski definition) is 1. The molecule has 1 heterocycles. The molecule has 1 aliphatic heterocycles. The topological polar surface area (TPSA) is 77.1 Å². The number of thiocarbonyl (C=S) groups is 1. The molecule has 0 radical (unpaired) electrons. The lowest BCUT2D eigenvalue weighted by atomic mass is 10.1. The number of carbonyl (C=O) groups excluding carboxylic acids is 2. The molecule has 1 aliphatic rings. The van der Waals surface area contributed by atoms with E-state index in [-0.39, 0.29) is 17.3 Å². The van der Waals surface area contributed by atoms with Crippen LogP contribution in [0.4, 0.5) is 5.69 Å². The summed E-state index contributed by atoms with van der Waals surface area (Å²) >= 11 is 8.62. The summed E-state index contributed by atoms with van der Waals surface area (Å²) in [4.78, 5) is 27.1. The lowest BCUT2D eigenvalue weighted by molar-refractivity contribution is -0.122. The fraction of sp³-hybridized carbons (Fsp3) is 0.136. The van der Waals surface area contributed by atoms with Gasteiger partial charge in [0.05, 0.1) is 19.9 Å². The number of halogens is 1. The SMILES string of the molecule is C#CCOc1c(/C=C2\C(=O)NC(=S)N(c3ccc(OC)cc3)C2=O)cc(Br)cc1OC. The zero-order valence-electron chi connectivity index (χ0n) is 16.6. The summed E-state index contributed by atoms with van der Waals surface area (Å²) in [6.07, 6.45) is 6.72. The number of nitrogens with zero attached hydrogens (tertiary/aromatic N) is 1. The molecule has 1 N–H and O–H groups in total. The van der Waals surface area contributed by atoms with Crippen LogP contribution < -0.4 is 24.4 Å². The summed E-state index contributed by atoms with van der Waals surface area (Å²) in [5.74, 6) is 2.49. The van der Waals surface area contributed by atoms with Gasteiger partial charge in [-0.25, -0.2) is 0 Å². The second-order valence-electron chi connectivity index (χ2n) is 6.18. The van der Waals surface area contributed by atoms with Gasteiger partial charge in [0.2, 0.25) is 0 Å². The van der Waals surface area contributed by atoms with Crippen LogP contribution in [0, 0.1) is 12.3 Å². The second kappa shape index (κ2) is 9.64. The smallest absolute Gasteiger partial charge is 0.270 e. The number of terminal acetylenes is 1. The number of carbonyl (C=O) groups is 2. The van der Waals surface area contributed by atoms with E-state index >= 15 is 0 Å². The van der Waals surface area contributed by atoms with Gasteiger partial charge in [0.1, 0.15) is 17.9 Å². The molecule has 0 atom stereocenters. The van der Waals surface area contributed by atoms with E-state index in [0.29, 0.717) is 33.0 Å². The molecule has 0 unspecified atom stereocenters. The molecule has 9 heteroatoms. The summed E-state index contributed by atoms with van der Waals surface area (Å²) in [5, 5.41) is 2.52. The van der Waals surface area contributed by atoms with Crippen molar-refractivity contribution in [1.29, 1.82) is 0 Å². The Balaban J connectivity index is 2.07. The lowest BCUT2D eigenvalue weighted by Crippen LogP contribution is -2.54. The highest BCUT2D eigenvalue weighted by Crippen LogP contribution is 2.37. The van der Waals surface area contributed by atoms with Crippen molar-refractivity contribution in [3.63, 3.8) is 0 Å². The molecule has 2 aromatic rings. The van der Waals surface area contributed by atoms with Gasteiger partial charge in [0.15, 0.2) is 16.6 Å². The number of methoxy groups -OCH3 is 2. The van der Waals surface area contributed by atoms with E-state index in [1.165, 1.54) is 18.1 Å². The highest BCUT2D eigenvalue weighted by Gasteiger charge is 2.35. The van der Waals surface area contributed by atoms with E-state index < -0.39 is 11.8 Å². The first-order valence-electron chi connectivity index (χ1n) is 8.89. The van der Waals surface area contributed by atoms with Crippen molar-refractivity contribution in [2.24, 2.45) is 0 Å². The van der Waals surface area contributed by atoms with E-state index in [1.54, 1.807) is 43.5 Å². The first-order valence-corrected chi connectivity index (χ1v) is 10.1. The van der Waals surface area contributed by atoms with Gasteiger partial charge in [0.25, 0.3) is 11.8 Å². The number of anilines is 1. The molecule has 0 aromatic heterocycles. The Morgan fingerprint density at radius 1 is 1.19 bits per heavy atom. The molecule has 2 amide bonds. The summed E-state index contributed by atoms with van der Waals surface area (Å²) in [7, 11) is 3.02.